The highest BCUT2D eigenvalue weighted by Crippen LogP contribution is 2.30. The molecule has 7 nitrogen and oxygen atoms in total. The molecule has 2 N–H and O–H groups in total. The Morgan fingerprint density at radius 1 is 1.14 bits per heavy atom. The summed E-state index contributed by atoms with van der Waals surface area (Å²) in [6.45, 7) is 1.16. The van der Waals surface area contributed by atoms with Crippen molar-refractivity contribution < 1.29 is 24.2 Å². The van der Waals surface area contributed by atoms with Gasteiger partial charge in [-0.05, 0) is 60.7 Å². The highest BCUT2D eigenvalue weighted by molar-refractivity contribution is 5.89. The molecule has 3 rings (SSSR count). The van der Waals surface area contributed by atoms with E-state index in [1.165, 1.54) is 7.11 Å². The second-order valence-corrected chi connectivity index (χ2v) is 6.68. The van der Waals surface area contributed by atoms with Crippen LogP contribution in [0.15, 0.2) is 48.5 Å². The van der Waals surface area contributed by atoms with Gasteiger partial charge in [0.05, 0.1) is 7.11 Å². The predicted octanol–water partition coefficient (Wildman–Crippen LogP) is 3.36. The molecule has 0 spiro atoms. The Balaban J connectivity index is 1.48. The first kappa shape index (κ1) is 19.5. The zero-order valence-corrected chi connectivity index (χ0v) is 15.8. The number of piperidine rings is 1. The number of hydrogen-bond acceptors (Lipinski definition) is 5. The number of ether oxygens (including phenoxy) is 2. The molecule has 28 heavy (non-hydrogen) atoms. The first-order chi connectivity index (χ1) is 13.5. The van der Waals surface area contributed by atoms with Crippen molar-refractivity contribution in [2.75, 3.05) is 32.1 Å². The van der Waals surface area contributed by atoms with Crippen molar-refractivity contribution in [2.45, 2.75) is 18.8 Å². The van der Waals surface area contributed by atoms with Gasteiger partial charge in [-0.25, -0.2) is 9.59 Å². The van der Waals surface area contributed by atoms with Crippen molar-refractivity contribution >= 4 is 17.7 Å². The Hall–Kier alpha value is -3.22. The average Bonchev–Trinajstić information content (AvgIpc) is 2.73. The molecule has 0 radical (unpaired) electrons. The van der Waals surface area contributed by atoms with E-state index in [1.807, 2.05) is 12.1 Å². The third-order valence-electron chi connectivity index (χ3n) is 4.81. The number of rotatable bonds is 5. The van der Waals surface area contributed by atoms with Gasteiger partial charge in [-0.1, -0.05) is 12.1 Å². The highest BCUT2D eigenvalue weighted by Gasteiger charge is 2.24. The number of hydrogen-bond donors (Lipinski definition) is 2. The molecule has 1 aliphatic rings. The van der Waals surface area contributed by atoms with E-state index in [-0.39, 0.29) is 18.4 Å². The number of urea groups is 1. The Bertz CT molecular complexity index is 814. The fraction of sp³-hybridized carbons (Fsp3) is 0.333. The number of methoxy groups -OCH3 is 1. The summed E-state index contributed by atoms with van der Waals surface area (Å²) in [7, 11) is 1.30. The van der Waals surface area contributed by atoms with Gasteiger partial charge in [0.25, 0.3) is 0 Å². The fourth-order valence-corrected chi connectivity index (χ4v) is 3.23. The number of phenols is 1. The SMILES string of the molecule is COC(=O)COc1ccc(NC(=O)N2CCC(c3cccc(O)c3)CC2)cc1. The minimum atomic E-state index is -0.452. The molecule has 2 aromatic rings. The molecule has 7 heteroatoms. The largest absolute Gasteiger partial charge is 0.508 e. The van der Waals surface area contributed by atoms with Crippen LogP contribution in [0.5, 0.6) is 11.5 Å². The minimum absolute atomic E-state index is 0.141. The molecule has 0 aromatic heterocycles. The van der Waals surface area contributed by atoms with Crippen LogP contribution in [-0.4, -0.2) is 48.8 Å². The van der Waals surface area contributed by atoms with E-state index < -0.39 is 5.97 Å². The summed E-state index contributed by atoms with van der Waals surface area (Å²) in [6.07, 6.45) is 1.72. The molecule has 0 saturated carbocycles. The smallest absolute Gasteiger partial charge is 0.343 e. The number of nitrogens with one attached hydrogen (secondary N) is 1. The summed E-state index contributed by atoms with van der Waals surface area (Å²) in [5, 5.41) is 12.5. The van der Waals surface area contributed by atoms with Crippen LogP contribution in [0.3, 0.4) is 0 Å². The normalized spacial score (nSPS) is 14.4. The van der Waals surface area contributed by atoms with Crippen LogP contribution in [-0.2, 0) is 9.53 Å². The summed E-state index contributed by atoms with van der Waals surface area (Å²) in [5.41, 5.74) is 1.77. The van der Waals surface area contributed by atoms with Crippen molar-refractivity contribution in [3.05, 3.63) is 54.1 Å². The first-order valence-electron chi connectivity index (χ1n) is 9.19. The maximum absolute atomic E-state index is 12.5. The molecule has 2 aromatic carbocycles. The standard InChI is InChI=1S/C21H24N2O5/c1-27-20(25)14-28-19-7-5-17(6-8-19)22-21(26)23-11-9-15(10-12-23)16-3-2-4-18(24)13-16/h2-8,13,15,24H,9-12,14H2,1H3,(H,22,26). The van der Waals surface area contributed by atoms with Crippen LogP contribution in [0.4, 0.5) is 10.5 Å². The Labute approximate surface area is 163 Å². The van der Waals surface area contributed by atoms with Crippen molar-refractivity contribution in [1.29, 1.82) is 0 Å². The van der Waals surface area contributed by atoms with E-state index in [2.05, 4.69) is 10.1 Å². The molecule has 1 heterocycles. The number of amides is 2. The molecule has 0 aliphatic carbocycles. The number of likely N-dealkylation sites (tertiary alicyclic amines) is 1. The Morgan fingerprint density at radius 3 is 2.50 bits per heavy atom. The van der Waals surface area contributed by atoms with Gasteiger partial charge in [-0.15, -0.1) is 0 Å². The second kappa shape index (κ2) is 9.12. The van der Waals surface area contributed by atoms with Crippen molar-refractivity contribution in [2.24, 2.45) is 0 Å². The quantitative estimate of drug-likeness (QED) is 0.772. The number of aromatic hydroxyl groups is 1. The fourth-order valence-electron chi connectivity index (χ4n) is 3.23. The molecule has 1 saturated heterocycles. The van der Waals surface area contributed by atoms with Gasteiger partial charge >= 0.3 is 12.0 Å². The van der Waals surface area contributed by atoms with Crippen molar-refractivity contribution in [3.63, 3.8) is 0 Å². The van der Waals surface area contributed by atoms with E-state index in [9.17, 15) is 14.7 Å². The molecule has 1 fully saturated rings. The summed E-state index contributed by atoms with van der Waals surface area (Å²) in [4.78, 5) is 25.4. The second-order valence-electron chi connectivity index (χ2n) is 6.68. The van der Waals surface area contributed by atoms with Crippen LogP contribution in [0, 0.1) is 0 Å². The summed E-state index contributed by atoms with van der Waals surface area (Å²) in [5.74, 6) is 0.695. The number of anilines is 1. The monoisotopic (exact) mass is 384 g/mol. The molecule has 1 aliphatic heterocycles. The molecular weight excluding hydrogens is 360 g/mol. The van der Waals surface area contributed by atoms with Gasteiger partial charge in [0.15, 0.2) is 6.61 Å². The molecule has 0 bridgehead atoms. The minimum Gasteiger partial charge on any atom is -0.508 e. The zero-order valence-electron chi connectivity index (χ0n) is 15.8. The Kier molecular flexibility index (Phi) is 6.37. The number of carbonyl (C=O) groups excluding carboxylic acids is 2. The number of esters is 1. The van der Waals surface area contributed by atoms with Gasteiger partial charge in [0.2, 0.25) is 0 Å². The van der Waals surface area contributed by atoms with E-state index >= 15 is 0 Å². The number of carbonyl (C=O) groups is 2. The van der Waals surface area contributed by atoms with Crippen LogP contribution in [0.2, 0.25) is 0 Å². The van der Waals surface area contributed by atoms with Crippen LogP contribution >= 0.6 is 0 Å². The van der Waals surface area contributed by atoms with Crippen LogP contribution in [0.25, 0.3) is 0 Å². The number of benzene rings is 2. The van der Waals surface area contributed by atoms with Gasteiger partial charge < -0.3 is 24.8 Å². The average molecular weight is 384 g/mol. The highest BCUT2D eigenvalue weighted by atomic mass is 16.6. The zero-order chi connectivity index (χ0) is 19.9. The van der Waals surface area contributed by atoms with Gasteiger partial charge in [0.1, 0.15) is 11.5 Å². The van der Waals surface area contributed by atoms with E-state index in [1.54, 1.807) is 41.3 Å². The van der Waals surface area contributed by atoms with Crippen LogP contribution in [0.1, 0.15) is 24.3 Å². The van der Waals surface area contributed by atoms with Crippen LogP contribution < -0.4 is 10.1 Å². The number of nitrogens with zero attached hydrogens (tertiary/aromatic N) is 1. The number of phenolic OH excluding ortho intramolecular Hbond substituents is 1. The van der Waals surface area contributed by atoms with Gasteiger partial charge in [0, 0.05) is 18.8 Å². The first-order valence-corrected chi connectivity index (χ1v) is 9.19. The topological polar surface area (TPSA) is 88.1 Å². The molecule has 0 atom stereocenters. The summed E-state index contributed by atoms with van der Waals surface area (Å²) >= 11 is 0. The molecule has 2 amide bonds. The van der Waals surface area contributed by atoms with Crippen molar-refractivity contribution in [1.82, 2.24) is 4.90 Å². The molecular formula is C21H24N2O5. The van der Waals surface area contributed by atoms with Gasteiger partial charge in [-0.2, -0.15) is 0 Å². The lowest BCUT2D eigenvalue weighted by Crippen LogP contribution is -2.40. The summed E-state index contributed by atoms with van der Waals surface area (Å²) < 4.78 is 9.80. The maximum Gasteiger partial charge on any atom is 0.343 e. The maximum atomic E-state index is 12.5. The lowest BCUT2D eigenvalue weighted by Gasteiger charge is -2.32. The predicted molar refractivity (Wildman–Crippen MR) is 105 cm³/mol. The Morgan fingerprint density at radius 2 is 1.86 bits per heavy atom. The van der Waals surface area contributed by atoms with E-state index in [0.717, 1.165) is 18.4 Å². The summed E-state index contributed by atoms with van der Waals surface area (Å²) in [6, 6.07) is 14.0. The third-order valence-corrected chi connectivity index (χ3v) is 4.81. The van der Waals surface area contributed by atoms with Crippen molar-refractivity contribution in [3.8, 4) is 11.5 Å². The van der Waals surface area contributed by atoms with E-state index in [4.69, 9.17) is 4.74 Å². The lowest BCUT2D eigenvalue weighted by atomic mass is 9.89. The molecule has 148 valence electrons. The van der Waals surface area contributed by atoms with E-state index in [0.29, 0.717) is 30.4 Å². The molecule has 0 unspecified atom stereocenters. The van der Waals surface area contributed by atoms with Gasteiger partial charge in [-0.3, -0.25) is 0 Å². The third kappa shape index (κ3) is 5.16. The lowest BCUT2D eigenvalue weighted by molar-refractivity contribution is -0.142.